The molecule has 140 valence electrons. The maximum absolute atomic E-state index is 12.4. The summed E-state index contributed by atoms with van der Waals surface area (Å²) in [5.41, 5.74) is 4.72. The highest BCUT2D eigenvalue weighted by Crippen LogP contribution is 2.21. The van der Waals surface area contributed by atoms with E-state index in [2.05, 4.69) is 10.3 Å². The number of carbonyl (C=O) groups excluding carboxylic acids is 1. The lowest BCUT2D eigenvalue weighted by molar-refractivity contribution is -0.113. The van der Waals surface area contributed by atoms with Crippen LogP contribution < -0.4 is 5.32 Å². The van der Waals surface area contributed by atoms with Crippen LogP contribution in [0.4, 0.5) is 5.69 Å². The second kappa shape index (κ2) is 8.88. The van der Waals surface area contributed by atoms with Crippen LogP contribution in [0.1, 0.15) is 22.4 Å². The van der Waals surface area contributed by atoms with Crippen molar-refractivity contribution in [3.8, 4) is 0 Å². The average Bonchev–Trinajstić information content (AvgIpc) is 3.06. The third-order valence-electron chi connectivity index (χ3n) is 4.15. The third-order valence-corrected chi connectivity index (χ3v) is 5.14. The highest BCUT2D eigenvalue weighted by molar-refractivity contribution is 7.99. The van der Waals surface area contributed by atoms with E-state index in [1.54, 1.807) is 0 Å². The number of aliphatic hydroxyl groups is 1. The number of aromatic nitrogens is 2. The van der Waals surface area contributed by atoms with E-state index in [1.807, 2.05) is 73.1 Å². The van der Waals surface area contributed by atoms with E-state index in [0.717, 1.165) is 27.5 Å². The van der Waals surface area contributed by atoms with Crippen molar-refractivity contribution < 1.29 is 9.90 Å². The first-order valence-corrected chi connectivity index (χ1v) is 9.74. The smallest absolute Gasteiger partial charge is 0.234 e. The monoisotopic (exact) mass is 381 g/mol. The Labute approximate surface area is 163 Å². The lowest BCUT2D eigenvalue weighted by atomic mass is 10.1. The predicted octanol–water partition coefficient (Wildman–Crippen LogP) is 3.77. The molecule has 1 heterocycles. The maximum atomic E-state index is 12.4. The van der Waals surface area contributed by atoms with Crippen molar-refractivity contribution in [2.24, 2.45) is 0 Å². The molecule has 0 bridgehead atoms. The highest BCUT2D eigenvalue weighted by Gasteiger charge is 2.12. The first-order chi connectivity index (χ1) is 13.0. The highest BCUT2D eigenvalue weighted by atomic mass is 32.2. The third kappa shape index (κ3) is 5.21. The molecule has 0 saturated carbocycles. The predicted molar refractivity (Wildman–Crippen MR) is 109 cm³/mol. The number of thioether (sulfide) groups is 1. The Morgan fingerprint density at radius 3 is 2.70 bits per heavy atom. The lowest BCUT2D eigenvalue weighted by Crippen LogP contribution is -2.15. The molecule has 0 fully saturated rings. The number of rotatable bonds is 7. The van der Waals surface area contributed by atoms with Crippen molar-refractivity contribution >= 4 is 23.4 Å². The number of aliphatic hydroxyl groups excluding tert-OH is 1. The van der Waals surface area contributed by atoms with Crippen molar-refractivity contribution in [2.75, 3.05) is 11.1 Å². The molecule has 3 aromatic rings. The van der Waals surface area contributed by atoms with E-state index in [0.29, 0.717) is 12.2 Å². The van der Waals surface area contributed by atoms with E-state index in [-0.39, 0.29) is 18.3 Å². The number of imidazole rings is 1. The molecule has 5 nitrogen and oxygen atoms in total. The molecule has 6 heteroatoms. The van der Waals surface area contributed by atoms with Crippen LogP contribution in [-0.4, -0.2) is 26.3 Å². The van der Waals surface area contributed by atoms with Gasteiger partial charge in [-0.05, 0) is 36.6 Å². The molecule has 2 aromatic carbocycles. The normalized spacial score (nSPS) is 10.8. The van der Waals surface area contributed by atoms with Gasteiger partial charge < -0.3 is 15.0 Å². The summed E-state index contributed by atoms with van der Waals surface area (Å²) in [6.07, 6.45) is 1.83. The summed E-state index contributed by atoms with van der Waals surface area (Å²) in [4.78, 5) is 16.8. The number of hydrogen-bond acceptors (Lipinski definition) is 4. The molecular weight excluding hydrogens is 358 g/mol. The van der Waals surface area contributed by atoms with Crippen molar-refractivity contribution in [1.29, 1.82) is 0 Å². The molecule has 27 heavy (non-hydrogen) atoms. The van der Waals surface area contributed by atoms with Crippen molar-refractivity contribution in [3.63, 3.8) is 0 Å². The molecule has 3 rings (SSSR count). The molecule has 0 radical (unpaired) electrons. The molecule has 0 aliphatic rings. The molecule has 1 aromatic heterocycles. The molecule has 1 amide bonds. The molecule has 0 spiro atoms. The van der Waals surface area contributed by atoms with Crippen LogP contribution in [0.3, 0.4) is 0 Å². The minimum Gasteiger partial charge on any atom is -0.390 e. The second-order valence-electron chi connectivity index (χ2n) is 6.44. The number of benzene rings is 2. The zero-order valence-corrected chi connectivity index (χ0v) is 16.3. The van der Waals surface area contributed by atoms with Gasteiger partial charge in [0.2, 0.25) is 5.91 Å². The Balaban J connectivity index is 1.67. The quantitative estimate of drug-likeness (QED) is 0.612. The van der Waals surface area contributed by atoms with Gasteiger partial charge in [-0.25, -0.2) is 4.98 Å². The van der Waals surface area contributed by atoms with Gasteiger partial charge in [0.1, 0.15) is 0 Å². The molecule has 2 N–H and O–H groups in total. The van der Waals surface area contributed by atoms with Crippen LogP contribution in [0.5, 0.6) is 0 Å². The Morgan fingerprint density at radius 1 is 1.19 bits per heavy atom. The van der Waals surface area contributed by atoms with Gasteiger partial charge in [0.25, 0.3) is 0 Å². The van der Waals surface area contributed by atoms with E-state index >= 15 is 0 Å². The summed E-state index contributed by atoms with van der Waals surface area (Å²) in [6, 6.07) is 16.0. The van der Waals surface area contributed by atoms with E-state index < -0.39 is 0 Å². The Bertz CT molecular complexity index is 922. The number of carbonyl (C=O) groups is 1. The Kier molecular flexibility index (Phi) is 6.32. The zero-order chi connectivity index (χ0) is 19.2. The fraction of sp³-hybridized carbons (Fsp3) is 0.238. The standard InChI is InChI=1S/C21H23N3O2S/c1-15-8-9-16(2)19(10-15)23-20(26)14-27-21-22-18(13-25)12-24(21)11-17-6-4-3-5-7-17/h3-10,12,25H,11,13-14H2,1-2H3,(H,23,26). The maximum Gasteiger partial charge on any atom is 0.234 e. The van der Waals surface area contributed by atoms with E-state index in [9.17, 15) is 9.90 Å². The van der Waals surface area contributed by atoms with Crippen LogP contribution in [-0.2, 0) is 17.9 Å². The van der Waals surface area contributed by atoms with Gasteiger partial charge in [-0.1, -0.05) is 54.2 Å². The number of hydrogen-bond donors (Lipinski definition) is 2. The summed E-state index contributed by atoms with van der Waals surface area (Å²) < 4.78 is 1.97. The van der Waals surface area contributed by atoms with Crippen LogP contribution in [0.2, 0.25) is 0 Å². The molecule has 0 aliphatic heterocycles. The zero-order valence-electron chi connectivity index (χ0n) is 15.5. The minimum absolute atomic E-state index is 0.0755. The summed E-state index contributed by atoms with van der Waals surface area (Å²) in [5.74, 6) is 0.179. The number of nitrogens with zero attached hydrogens (tertiary/aromatic N) is 2. The first-order valence-electron chi connectivity index (χ1n) is 8.76. The van der Waals surface area contributed by atoms with Crippen molar-refractivity contribution in [1.82, 2.24) is 9.55 Å². The van der Waals surface area contributed by atoms with Gasteiger partial charge in [0.05, 0.1) is 18.1 Å². The van der Waals surface area contributed by atoms with E-state index in [4.69, 9.17) is 0 Å². The molecule has 0 saturated heterocycles. The van der Waals surface area contributed by atoms with Crippen LogP contribution in [0.15, 0.2) is 59.9 Å². The van der Waals surface area contributed by atoms with Gasteiger partial charge in [-0.3, -0.25) is 4.79 Å². The number of amides is 1. The summed E-state index contributed by atoms with van der Waals surface area (Å²) in [7, 11) is 0. The van der Waals surface area contributed by atoms with E-state index in [1.165, 1.54) is 11.8 Å². The Morgan fingerprint density at radius 2 is 1.96 bits per heavy atom. The number of nitrogens with one attached hydrogen (secondary N) is 1. The minimum atomic E-state index is -0.121. The van der Waals surface area contributed by atoms with Gasteiger partial charge >= 0.3 is 0 Å². The topological polar surface area (TPSA) is 67.2 Å². The fourth-order valence-electron chi connectivity index (χ4n) is 2.72. The number of aryl methyl sites for hydroxylation is 2. The summed E-state index contributed by atoms with van der Waals surface area (Å²) in [5, 5.41) is 13.1. The molecule has 0 aliphatic carbocycles. The number of anilines is 1. The molecule has 0 unspecified atom stereocenters. The second-order valence-corrected chi connectivity index (χ2v) is 7.38. The van der Waals surface area contributed by atoms with Crippen molar-refractivity contribution in [2.45, 2.75) is 32.2 Å². The Hall–Kier alpha value is -2.57. The van der Waals surface area contributed by atoms with Crippen molar-refractivity contribution in [3.05, 3.63) is 77.1 Å². The van der Waals surface area contributed by atoms with Crippen LogP contribution in [0.25, 0.3) is 0 Å². The largest absolute Gasteiger partial charge is 0.390 e. The summed E-state index contributed by atoms with van der Waals surface area (Å²) in [6.45, 7) is 4.50. The lowest BCUT2D eigenvalue weighted by Gasteiger charge is -2.10. The fourth-order valence-corrected chi connectivity index (χ4v) is 3.52. The van der Waals surface area contributed by atoms with Gasteiger partial charge in [-0.2, -0.15) is 0 Å². The van der Waals surface area contributed by atoms with Gasteiger partial charge in [0.15, 0.2) is 5.16 Å². The van der Waals surface area contributed by atoms with Crippen LogP contribution >= 0.6 is 11.8 Å². The molecule has 0 atom stereocenters. The molecular formula is C21H23N3O2S. The van der Waals surface area contributed by atoms with Gasteiger partial charge in [-0.15, -0.1) is 0 Å². The SMILES string of the molecule is Cc1ccc(C)c(NC(=O)CSc2nc(CO)cn2Cc2ccccc2)c1. The van der Waals surface area contributed by atoms with Gasteiger partial charge in [0, 0.05) is 18.4 Å². The van der Waals surface area contributed by atoms with Crippen LogP contribution in [0, 0.1) is 13.8 Å². The average molecular weight is 382 g/mol. The first kappa shape index (κ1) is 19.2. The summed E-state index contributed by atoms with van der Waals surface area (Å²) >= 11 is 1.37.